The molecule has 6 heteroatoms. The van der Waals surface area contributed by atoms with Crippen LogP contribution in [0.25, 0.3) is 0 Å². The zero-order valence-corrected chi connectivity index (χ0v) is 17.0. The highest BCUT2D eigenvalue weighted by Gasteiger charge is 2.37. The second-order valence-corrected chi connectivity index (χ2v) is 8.69. The topological polar surface area (TPSA) is 49.3 Å². The van der Waals surface area contributed by atoms with Gasteiger partial charge in [0.2, 0.25) is 5.91 Å². The van der Waals surface area contributed by atoms with E-state index in [0.29, 0.717) is 24.4 Å². The molecule has 0 saturated carbocycles. The molecule has 2 aliphatic rings. The Kier molecular flexibility index (Phi) is 5.55. The molecule has 0 spiro atoms. The lowest BCUT2D eigenvalue weighted by atomic mass is 9.87. The molecule has 0 bridgehead atoms. The van der Waals surface area contributed by atoms with Crippen LogP contribution in [0, 0.1) is 6.92 Å². The van der Waals surface area contributed by atoms with E-state index in [4.69, 9.17) is 0 Å². The minimum Gasteiger partial charge on any atom is -0.339 e. The minimum atomic E-state index is 0.280. The predicted molar refractivity (Wildman–Crippen MR) is 108 cm³/mol. The number of hydrogen-bond donors (Lipinski definition) is 0. The number of hydrogen-bond acceptors (Lipinski definition) is 5. The van der Waals surface area contributed by atoms with Gasteiger partial charge in [-0.05, 0) is 50.2 Å². The van der Waals surface area contributed by atoms with Crippen molar-refractivity contribution in [1.82, 2.24) is 19.4 Å². The second kappa shape index (κ2) is 8.07. The Hall–Kier alpha value is -1.79. The number of rotatable bonds is 4. The zero-order valence-electron chi connectivity index (χ0n) is 16.2. The van der Waals surface area contributed by atoms with Crippen LogP contribution in [0.5, 0.6) is 0 Å². The summed E-state index contributed by atoms with van der Waals surface area (Å²) in [5.74, 6) is 0.945. The van der Waals surface area contributed by atoms with Crippen LogP contribution < -0.4 is 0 Å². The second-order valence-electron chi connectivity index (χ2n) is 8.08. The largest absolute Gasteiger partial charge is 0.339 e. The average molecular weight is 385 g/mol. The minimum absolute atomic E-state index is 0.280. The van der Waals surface area contributed by atoms with Gasteiger partial charge in [-0.25, -0.2) is 0 Å². The van der Waals surface area contributed by atoms with E-state index in [1.807, 2.05) is 0 Å². The van der Waals surface area contributed by atoms with Gasteiger partial charge in [0.05, 0.1) is 12.2 Å². The molecular formula is C21H28N4OS. The van der Waals surface area contributed by atoms with Gasteiger partial charge in [-0.2, -0.15) is 0 Å². The normalized spacial score (nSPS) is 26.4. The molecule has 3 atom stereocenters. The highest BCUT2D eigenvalue weighted by atomic mass is 32.1. The highest BCUT2D eigenvalue weighted by molar-refractivity contribution is 7.03. The fourth-order valence-electron chi connectivity index (χ4n) is 4.55. The summed E-state index contributed by atoms with van der Waals surface area (Å²) in [6.07, 6.45) is 3.50. The summed E-state index contributed by atoms with van der Waals surface area (Å²) in [7, 11) is 0. The van der Waals surface area contributed by atoms with Crippen LogP contribution in [0.15, 0.2) is 29.6 Å². The fraction of sp³-hybridized carbons (Fsp3) is 0.571. The third kappa shape index (κ3) is 4.06. The summed E-state index contributed by atoms with van der Waals surface area (Å²) in [6.45, 7) is 7.50. The molecular weight excluding hydrogens is 356 g/mol. The van der Waals surface area contributed by atoms with Crippen LogP contribution >= 0.6 is 11.5 Å². The highest BCUT2D eigenvalue weighted by Crippen LogP contribution is 2.39. The molecule has 2 saturated heterocycles. The van der Waals surface area contributed by atoms with Crippen LogP contribution in [-0.4, -0.2) is 57.5 Å². The Balaban J connectivity index is 1.50. The third-order valence-electron chi connectivity index (χ3n) is 6.14. The summed E-state index contributed by atoms with van der Waals surface area (Å²) >= 11 is 1.41. The fourth-order valence-corrected chi connectivity index (χ4v) is 5.07. The molecule has 1 aromatic carbocycles. The van der Waals surface area contributed by atoms with Gasteiger partial charge in [0.15, 0.2) is 0 Å². The molecule has 0 radical (unpaired) electrons. The maximum Gasteiger partial charge on any atom is 0.236 e. The summed E-state index contributed by atoms with van der Waals surface area (Å²) in [5, 5.41) is 6.41. The number of nitrogens with zero attached hydrogens (tertiary/aromatic N) is 4. The molecule has 27 heavy (non-hydrogen) atoms. The average Bonchev–Trinajstić information content (AvgIpc) is 3.32. The number of piperidine rings is 1. The van der Waals surface area contributed by atoms with E-state index >= 15 is 0 Å². The Labute approximate surface area is 165 Å². The van der Waals surface area contributed by atoms with Crippen LogP contribution in [-0.2, 0) is 4.79 Å². The van der Waals surface area contributed by atoms with Crippen molar-refractivity contribution in [3.63, 3.8) is 0 Å². The number of aryl methyl sites for hydroxylation is 1. The molecule has 0 aliphatic carbocycles. The molecule has 2 aromatic rings. The quantitative estimate of drug-likeness (QED) is 0.810. The molecule has 2 fully saturated rings. The molecule has 5 nitrogen and oxygen atoms in total. The Morgan fingerprint density at radius 1 is 1.19 bits per heavy atom. The predicted octanol–water partition coefficient (Wildman–Crippen LogP) is 3.43. The van der Waals surface area contributed by atoms with Crippen LogP contribution in [0.3, 0.4) is 0 Å². The van der Waals surface area contributed by atoms with Crippen molar-refractivity contribution < 1.29 is 4.79 Å². The van der Waals surface area contributed by atoms with E-state index in [-0.39, 0.29) is 5.91 Å². The first-order valence-electron chi connectivity index (χ1n) is 9.97. The summed E-state index contributed by atoms with van der Waals surface area (Å²) < 4.78 is 4.08. The number of carbonyl (C=O) groups is 1. The molecule has 0 N–H and O–H groups in total. The zero-order chi connectivity index (χ0) is 18.8. The Morgan fingerprint density at radius 2 is 1.96 bits per heavy atom. The van der Waals surface area contributed by atoms with Gasteiger partial charge in [0.25, 0.3) is 0 Å². The van der Waals surface area contributed by atoms with Crippen molar-refractivity contribution in [2.45, 2.75) is 51.0 Å². The first-order valence-corrected chi connectivity index (χ1v) is 10.8. The lowest BCUT2D eigenvalue weighted by Gasteiger charge is -2.34. The van der Waals surface area contributed by atoms with E-state index < -0.39 is 0 Å². The lowest BCUT2D eigenvalue weighted by Crippen LogP contribution is -2.46. The van der Waals surface area contributed by atoms with Gasteiger partial charge in [0, 0.05) is 42.9 Å². The number of benzene rings is 1. The Morgan fingerprint density at radius 3 is 2.67 bits per heavy atom. The molecule has 0 unspecified atom stereocenters. The van der Waals surface area contributed by atoms with E-state index in [0.717, 1.165) is 38.2 Å². The third-order valence-corrected chi connectivity index (χ3v) is 6.66. The number of aromatic nitrogens is 2. The number of amides is 1. The van der Waals surface area contributed by atoms with Gasteiger partial charge >= 0.3 is 0 Å². The smallest absolute Gasteiger partial charge is 0.236 e. The Bertz CT molecular complexity index is 761. The van der Waals surface area contributed by atoms with Gasteiger partial charge in [-0.1, -0.05) is 34.3 Å². The first kappa shape index (κ1) is 18.6. The van der Waals surface area contributed by atoms with Gasteiger partial charge in [0.1, 0.15) is 0 Å². The van der Waals surface area contributed by atoms with Crippen LogP contribution in [0.4, 0.5) is 0 Å². The van der Waals surface area contributed by atoms with E-state index in [1.54, 1.807) is 0 Å². The molecule has 1 amide bonds. The maximum atomic E-state index is 12.9. The standard InChI is InChI=1S/C21H28N4OS/c1-15-6-8-17(9-7-15)18-11-24(12-19(18)20-14-27-23-22-20)13-21(26)25-10-4-3-5-16(25)2/h6-9,14,16,18-19H,3-5,10-13H2,1-2H3/t16-,18+,19-/m1/s1. The van der Waals surface area contributed by atoms with Gasteiger partial charge in [-0.3, -0.25) is 9.69 Å². The van der Waals surface area contributed by atoms with Crippen LogP contribution in [0.1, 0.15) is 54.8 Å². The lowest BCUT2D eigenvalue weighted by molar-refractivity contribution is -0.135. The van der Waals surface area contributed by atoms with Crippen molar-refractivity contribution in [2.75, 3.05) is 26.2 Å². The maximum absolute atomic E-state index is 12.9. The number of likely N-dealkylation sites (tertiary alicyclic amines) is 2. The molecule has 2 aliphatic heterocycles. The summed E-state index contributed by atoms with van der Waals surface area (Å²) in [5.41, 5.74) is 3.67. The van der Waals surface area contributed by atoms with Gasteiger partial charge in [-0.15, -0.1) is 5.10 Å². The SMILES string of the molecule is Cc1ccc([C@@H]2CN(CC(=O)N3CCCC[C@H]3C)C[C@H]2c2csnn2)cc1. The molecule has 4 rings (SSSR count). The van der Waals surface area contributed by atoms with Crippen molar-refractivity contribution in [1.29, 1.82) is 0 Å². The van der Waals surface area contributed by atoms with E-state index in [2.05, 4.69) is 62.9 Å². The van der Waals surface area contributed by atoms with Crippen molar-refractivity contribution >= 4 is 17.4 Å². The van der Waals surface area contributed by atoms with Gasteiger partial charge < -0.3 is 4.90 Å². The van der Waals surface area contributed by atoms with E-state index in [9.17, 15) is 4.79 Å². The summed E-state index contributed by atoms with van der Waals surface area (Å²) in [4.78, 5) is 17.3. The molecule has 144 valence electrons. The number of carbonyl (C=O) groups excluding carboxylic acids is 1. The summed E-state index contributed by atoms with van der Waals surface area (Å²) in [6, 6.07) is 9.18. The van der Waals surface area contributed by atoms with Crippen LogP contribution in [0.2, 0.25) is 0 Å². The van der Waals surface area contributed by atoms with E-state index in [1.165, 1.54) is 29.1 Å². The first-order chi connectivity index (χ1) is 13.1. The van der Waals surface area contributed by atoms with Crippen molar-refractivity contribution in [3.8, 4) is 0 Å². The van der Waals surface area contributed by atoms with Crippen molar-refractivity contribution in [3.05, 3.63) is 46.5 Å². The molecule has 1 aromatic heterocycles. The monoisotopic (exact) mass is 384 g/mol. The van der Waals surface area contributed by atoms with Crippen molar-refractivity contribution in [2.24, 2.45) is 0 Å². The molecule has 3 heterocycles.